The van der Waals surface area contributed by atoms with E-state index in [9.17, 15) is 0 Å². The summed E-state index contributed by atoms with van der Waals surface area (Å²) >= 11 is 0. The van der Waals surface area contributed by atoms with Gasteiger partial charge in [-0.15, -0.1) is 59.7 Å². The van der Waals surface area contributed by atoms with Gasteiger partial charge in [-0.25, -0.2) is 0 Å². The number of fused-ring (bicyclic) bond motifs is 10. The molecule has 0 N–H and O–H groups in total. The van der Waals surface area contributed by atoms with Crippen molar-refractivity contribution in [1.29, 1.82) is 0 Å². The van der Waals surface area contributed by atoms with Crippen LogP contribution in [0.15, 0.2) is 138 Å². The van der Waals surface area contributed by atoms with Gasteiger partial charge in [-0.3, -0.25) is 0 Å². The monoisotopic (exact) mass is 810 g/mol. The fraction of sp³-hybridized carbons (Fsp3) is 0.0909. The van der Waals surface area contributed by atoms with Crippen LogP contribution in [0.2, 0.25) is 0 Å². The minimum atomic E-state index is 0. The Bertz CT molecular complexity index is 2710. The molecular weight excluding hydrogens is 779 g/mol. The quantitative estimate of drug-likeness (QED) is 0.163. The molecule has 5 aromatic carbocycles. The topological polar surface area (TPSA) is 43.3 Å². The van der Waals surface area contributed by atoms with Gasteiger partial charge < -0.3 is 18.8 Å². The second kappa shape index (κ2) is 12.0. The fourth-order valence-corrected chi connectivity index (χ4v) is 6.97. The van der Waals surface area contributed by atoms with Crippen molar-refractivity contribution in [3.63, 3.8) is 0 Å². The van der Waals surface area contributed by atoms with Gasteiger partial charge >= 0.3 is 0 Å². The van der Waals surface area contributed by atoms with Crippen LogP contribution in [0.4, 0.5) is 0 Å². The molecule has 0 aliphatic carbocycles. The van der Waals surface area contributed by atoms with Gasteiger partial charge in [0.1, 0.15) is 11.2 Å². The zero-order valence-corrected chi connectivity index (χ0v) is 29.7. The van der Waals surface area contributed by atoms with Gasteiger partial charge in [-0.1, -0.05) is 74.7 Å². The summed E-state index contributed by atoms with van der Waals surface area (Å²) in [6, 6.07) is 48.2. The predicted molar refractivity (Wildman–Crippen MR) is 198 cm³/mol. The summed E-state index contributed by atoms with van der Waals surface area (Å²) in [4.78, 5) is 8.79. The fourth-order valence-electron chi connectivity index (χ4n) is 6.97. The normalized spacial score (nSPS) is 11.8. The third kappa shape index (κ3) is 5.09. The van der Waals surface area contributed by atoms with Crippen molar-refractivity contribution >= 4 is 60.0 Å². The number of furan rings is 1. The van der Waals surface area contributed by atoms with Crippen LogP contribution in [-0.2, 0) is 25.5 Å². The minimum Gasteiger partial charge on any atom is -0.456 e. The number of para-hydroxylation sites is 1. The summed E-state index contributed by atoms with van der Waals surface area (Å²) in [5.74, 6) is 0. The SMILES string of the molecule is CC(C)(C)c1cc2c3cc(-c4ccccn4)[c-]cc3n3c4ccc5oc6ccccc6c5c4c(c1)c23.[Ir].[c-]1ccccc1-c1ccccn1. The van der Waals surface area contributed by atoms with Crippen LogP contribution in [0.3, 0.4) is 0 Å². The standard InChI is InChI=1S/C33H23N2O.C11H8N.Ir/c1-33(2,3)20-17-23-22-16-19(25-9-6-7-15-34-25)11-12-26(22)35-27-13-14-29-31(30(27)24(18-20)32(23)35)21-8-4-5-10-28(21)36-29;1-2-6-10(7-3-1)11-8-4-5-9-12-11;/h4-10,12-18H,1-3H3;1-6,8-9H;/q2*-1;. The van der Waals surface area contributed by atoms with Crippen molar-refractivity contribution in [3.05, 3.63) is 151 Å². The summed E-state index contributed by atoms with van der Waals surface area (Å²) in [6.45, 7) is 6.87. The molecule has 0 unspecified atom stereocenters. The Morgan fingerprint density at radius 1 is 0.592 bits per heavy atom. The van der Waals surface area contributed by atoms with E-state index in [0.29, 0.717) is 0 Å². The van der Waals surface area contributed by atoms with E-state index in [1.807, 2.05) is 72.9 Å². The summed E-state index contributed by atoms with van der Waals surface area (Å²) < 4.78 is 8.69. The Kier molecular flexibility index (Phi) is 7.55. The second-order valence-corrected chi connectivity index (χ2v) is 13.3. The Morgan fingerprint density at radius 2 is 1.31 bits per heavy atom. The number of pyridine rings is 2. The number of nitrogens with zero attached hydrogens (tertiary/aromatic N) is 3. The third-order valence-corrected chi connectivity index (χ3v) is 9.28. The predicted octanol–water partition coefficient (Wildman–Crippen LogP) is 11.4. The summed E-state index contributed by atoms with van der Waals surface area (Å²) in [7, 11) is 0. The van der Waals surface area contributed by atoms with Crippen molar-refractivity contribution in [2.24, 2.45) is 0 Å². The van der Waals surface area contributed by atoms with Crippen molar-refractivity contribution < 1.29 is 24.5 Å². The molecule has 0 atom stereocenters. The first-order valence-corrected chi connectivity index (χ1v) is 16.2. The zero-order chi connectivity index (χ0) is 32.4. The minimum absolute atomic E-state index is 0. The summed E-state index contributed by atoms with van der Waals surface area (Å²) in [5, 5.41) is 7.41. The molecule has 10 rings (SSSR count). The Labute approximate surface area is 297 Å². The number of aromatic nitrogens is 3. The largest absolute Gasteiger partial charge is 0.456 e. The molecule has 1 radical (unpaired) electrons. The van der Waals surface area contributed by atoms with E-state index in [1.54, 1.807) is 6.20 Å². The first kappa shape index (κ1) is 30.9. The van der Waals surface area contributed by atoms with Crippen LogP contribution >= 0.6 is 0 Å². The number of hydrogen-bond acceptors (Lipinski definition) is 3. The van der Waals surface area contributed by atoms with Crippen LogP contribution in [0, 0.1) is 12.1 Å². The molecule has 5 heterocycles. The van der Waals surface area contributed by atoms with Crippen molar-refractivity contribution in [2.75, 3.05) is 0 Å². The number of hydrogen-bond donors (Lipinski definition) is 0. The zero-order valence-electron chi connectivity index (χ0n) is 27.3. The molecule has 5 aromatic heterocycles. The van der Waals surface area contributed by atoms with E-state index in [1.165, 1.54) is 49.0 Å². The van der Waals surface area contributed by atoms with Gasteiger partial charge in [0.05, 0.1) is 5.52 Å². The maximum Gasteiger partial charge on any atom is 0.136 e. The second-order valence-electron chi connectivity index (χ2n) is 13.3. The van der Waals surface area contributed by atoms with Gasteiger partial charge in [0.15, 0.2) is 0 Å². The van der Waals surface area contributed by atoms with Crippen molar-refractivity contribution in [3.8, 4) is 22.5 Å². The Balaban J connectivity index is 0.000000228. The van der Waals surface area contributed by atoms with Crippen molar-refractivity contribution in [2.45, 2.75) is 26.2 Å². The first-order valence-electron chi connectivity index (χ1n) is 16.2. The van der Waals surface area contributed by atoms with Crippen LogP contribution in [0.25, 0.3) is 82.5 Å². The molecule has 0 bridgehead atoms. The van der Waals surface area contributed by atoms with Gasteiger partial charge in [0.25, 0.3) is 0 Å². The van der Waals surface area contributed by atoms with E-state index in [4.69, 9.17) is 4.42 Å². The third-order valence-electron chi connectivity index (χ3n) is 9.28. The molecule has 0 amide bonds. The molecule has 0 fully saturated rings. The maximum absolute atomic E-state index is 6.28. The number of rotatable bonds is 2. The van der Waals surface area contributed by atoms with Crippen LogP contribution in [0.1, 0.15) is 26.3 Å². The van der Waals surface area contributed by atoms with E-state index in [2.05, 4.69) is 102 Å². The van der Waals surface area contributed by atoms with E-state index < -0.39 is 0 Å². The molecule has 0 aliphatic rings. The van der Waals surface area contributed by atoms with E-state index in [0.717, 1.165) is 39.1 Å². The molecule has 239 valence electrons. The number of benzene rings is 5. The molecule has 0 saturated heterocycles. The summed E-state index contributed by atoms with van der Waals surface area (Å²) in [5.41, 5.74) is 10.8. The molecule has 0 saturated carbocycles. The maximum atomic E-state index is 6.28. The Hall–Kier alpha value is -5.35. The average Bonchev–Trinajstić information content (AvgIpc) is 3.78. The van der Waals surface area contributed by atoms with Gasteiger partial charge in [0.2, 0.25) is 0 Å². The van der Waals surface area contributed by atoms with Crippen LogP contribution < -0.4 is 0 Å². The molecular formula is C44H31IrN3O-2. The molecule has 5 heteroatoms. The smallest absolute Gasteiger partial charge is 0.136 e. The van der Waals surface area contributed by atoms with Gasteiger partial charge in [-0.2, -0.15) is 0 Å². The molecule has 10 aromatic rings. The van der Waals surface area contributed by atoms with Crippen molar-refractivity contribution in [1.82, 2.24) is 14.4 Å². The Morgan fingerprint density at radius 3 is 2.02 bits per heavy atom. The van der Waals surface area contributed by atoms with E-state index in [-0.39, 0.29) is 25.5 Å². The molecule has 0 aliphatic heterocycles. The molecule has 0 spiro atoms. The van der Waals surface area contributed by atoms with Crippen LogP contribution in [-0.4, -0.2) is 14.4 Å². The first-order chi connectivity index (χ1) is 23.5. The van der Waals surface area contributed by atoms with Gasteiger partial charge in [-0.05, 0) is 69.7 Å². The van der Waals surface area contributed by atoms with Gasteiger partial charge in [0, 0.05) is 59.6 Å². The van der Waals surface area contributed by atoms with Crippen LogP contribution in [0.5, 0.6) is 0 Å². The summed E-state index contributed by atoms with van der Waals surface area (Å²) in [6.07, 6.45) is 3.63. The molecule has 4 nitrogen and oxygen atoms in total. The average molecular weight is 810 g/mol. The van der Waals surface area contributed by atoms with E-state index >= 15 is 0 Å². The molecule has 49 heavy (non-hydrogen) atoms.